The lowest BCUT2D eigenvalue weighted by Gasteiger charge is -2.16. The van der Waals surface area contributed by atoms with Crippen LogP contribution in [0, 0.1) is 0 Å². The van der Waals surface area contributed by atoms with Crippen molar-refractivity contribution in [3.8, 4) is 0 Å². The number of urea groups is 3. The molecular weight excluding hydrogens is 913 g/mol. The molecule has 67 heavy (non-hydrogen) atoms. The Hall–Kier alpha value is -4.94. The van der Waals surface area contributed by atoms with Crippen LogP contribution >= 0.6 is 0 Å². The van der Waals surface area contributed by atoms with E-state index in [1.165, 1.54) is 66.8 Å². The lowest BCUT2D eigenvalue weighted by Crippen LogP contribution is -2.36. The van der Waals surface area contributed by atoms with Crippen molar-refractivity contribution >= 4 is 65.2 Å². The Morgan fingerprint density at radius 2 is 0.761 bits per heavy atom. The number of fused-ring (bicyclic) bond motifs is 6. The van der Waals surface area contributed by atoms with Crippen LogP contribution in [0.15, 0.2) is 30.4 Å². The first-order chi connectivity index (χ1) is 31.8. The summed E-state index contributed by atoms with van der Waals surface area (Å²) in [4.78, 5) is 36.3. The van der Waals surface area contributed by atoms with Gasteiger partial charge < -0.3 is 16.0 Å². The molecule has 0 bridgehead atoms. The minimum atomic E-state index is -3.65. The Bertz CT molecular complexity index is 2710. The molecule has 6 N–H and O–H groups in total. The molecule has 0 spiro atoms. The fraction of sp³-hybridized carbons (Fsp3) is 0.531. The minimum absolute atomic E-state index is 0.0120. The number of benzene rings is 3. The van der Waals surface area contributed by atoms with Crippen LogP contribution in [0.3, 0.4) is 0 Å². The Balaban J connectivity index is 0.000000150. The molecule has 0 unspecified atom stereocenters. The molecule has 0 radical (unpaired) electrons. The summed E-state index contributed by atoms with van der Waals surface area (Å²) in [5.74, 6) is -0.136. The van der Waals surface area contributed by atoms with E-state index in [1.807, 2.05) is 11.6 Å². The molecule has 0 atom stereocenters. The first kappa shape index (κ1) is 50.0. The van der Waals surface area contributed by atoms with E-state index in [2.05, 4.69) is 50.2 Å². The van der Waals surface area contributed by atoms with E-state index in [9.17, 15) is 39.6 Å². The predicted octanol–water partition coefficient (Wildman–Crippen LogP) is 7.74. The lowest BCUT2D eigenvalue weighted by molar-refractivity contribution is 0.255. The molecule has 3 aromatic carbocycles. The third-order valence-corrected chi connectivity index (χ3v) is 16.6. The molecule has 0 saturated heterocycles. The van der Waals surface area contributed by atoms with E-state index in [1.54, 1.807) is 6.92 Å². The van der Waals surface area contributed by atoms with Crippen molar-refractivity contribution in [2.45, 2.75) is 149 Å². The molecule has 6 aliphatic rings. The Morgan fingerprint density at radius 1 is 0.478 bits per heavy atom. The first-order valence-corrected chi connectivity index (χ1v) is 29.0. The normalized spacial score (nSPS) is 16.1. The topological polar surface area (TPSA) is 226 Å². The van der Waals surface area contributed by atoms with Crippen LogP contribution in [0.25, 0.3) is 0 Å². The summed E-state index contributed by atoms with van der Waals surface area (Å²) in [7, 11) is -10.7. The monoisotopic (exact) mass is 978 g/mol. The summed E-state index contributed by atoms with van der Waals surface area (Å²) < 4.78 is 76.2. The van der Waals surface area contributed by atoms with E-state index < -0.39 is 48.2 Å². The van der Waals surface area contributed by atoms with Crippen LogP contribution in [-0.4, -0.2) is 61.1 Å². The van der Waals surface area contributed by atoms with Gasteiger partial charge in [-0.3, -0.25) is 0 Å². The van der Waals surface area contributed by atoms with Crippen LogP contribution in [0.2, 0.25) is 0 Å². The molecular formula is C49H66N6O9S3. The number of sulfonamides is 3. The summed E-state index contributed by atoms with van der Waals surface area (Å²) in [6, 6.07) is 4.87. The van der Waals surface area contributed by atoms with Gasteiger partial charge in [0.25, 0.3) is 0 Å². The second-order valence-corrected chi connectivity index (χ2v) is 24.3. The Morgan fingerprint density at radius 3 is 1.03 bits per heavy atom. The van der Waals surface area contributed by atoms with Crippen LogP contribution in [0.5, 0.6) is 0 Å². The fourth-order valence-corrected chi connectivity index (χ4v) is 13.1. The standard InChI is InChI=1S/C18H24N2O3S.C17H24N2O3S.C14H18N2O3S/c1-12(2)9-10-24(22,23)20-18(21)19-17-15-7-3-5-13(15)11-14-6-4-8-16(14)17;1-2-3-10-23(21,22)19-17(20)18-16-14-8-4-6-12(14)11-13-7-5-9-15(13)16;1-20(18,19)16-14(17)15-13-11-6-2-4-9(11)8-10-5-3-7-12(10)13/h11H,1,3-10H2,2H3,(H2,19,20,21);11H,2-10H2,1H3,(H2,18,19,20);8H,2-7H2,1H3,(H2,15,16,17). The number of carbonyl (C=O) groups is 3. The SMILES string of the molecule is C=C(C)CCS(=O)(=O)NC(=O)Nc1c2c(cc3c1CCC3)CCC2.CCCCS(=O)(=O)NC(=O)Nc1c2c(cc3c1CCC3)CCC2.CS(=O)(=O)NC(=O)Nc1c2c(cc3c1CCC3)CCC2. The van der Waals surface area contributed by atoms with E-state index in [4.69, 9.17) is 0 Å². The van der Waals surface area contributed by atoms with Gasteiger partial charge >= 0.3 is 18.1 Å². The highest BCUT2D eigenvalue weighted by Gasteiger charge is 2.29. The largest absolute Gasteiger partial charge is 0.332 e. The van der Waals surface area contributed by atoms with Crippen molar-refractivity contribution < 1.29 is 39.6 Å². The van der Waals surface area contributed by atoms with Crippen LogP contribution < -0.4 is 30.1 Å². The van der Waals surface area contributed by atoms with Gasteiger partial charge in [-0.05, 0) is 202 Å². The quantitative estimate of drug-likeness (QED) is 0.0975. The number of carbonyl (C=O) groups excluding carboxylic acids is 3. The second kappa shape index (κ2) is 21.1. The fourth-order valence-electron chi connectivity index (χ4n) is 10.5. The van der Waals surface area contributed by atoms with Gasteiger partial charge in [-0.15, -0.1) is 6.58 Å². The van der Waals surface area contributed by atoms with Crippen molar-refractivity contribution in [3.63, 3.8) is 0 Å². The molecule has 6 amide bonds. The maximum atomic E-state index is 12.2. The molecule has 0 aliphatic heterocycles. The number of unbranched alkanes of at least 4 members (excludes halogenated alkanes) is 1. The number of hydrogen-bond acceptors (Lipinski definition) is 9. The zero-order valence-corrected chi connectivity index (χ0v) is 41.6. The lowest BCUT2D eigenvalue weighted by atomic mass is 9.99. The van der Waals surface area contributed by atoms with E-state index in [-0.39, 0.29) is 11.5 Å². The summed E-state index contributed by atoms with van der Waals surface area (Å²) in [6.45, 7) is 7.38. The van der Waals surface area contributed by atoms with E-state index >= 15 is 0 Å². The number of allylic oxidation sites excluding steroid dienone is 1. The molecule has 0 heterocycles. The predicted molar refractivity (Wildman–Crippen MR) is 265 cm³/mol. The van der Waals surface area contributed by atoms with E-state index in [0.717, 1.165) is 151 Å². The molecule has 0 aromatic heterocycles. The van der Waals surface area contributed by atoms with Crippen molar-refractivity contribution in [1.29, 1.82) is 0 Å². The van der Waals surface area contributed by atoms with Gasteiger partial charge in [0.1, 0.15) is 0 Å². The third-order valence-electron chi connectivity index (χ3n) is 13.5. The average Bonchev–Trinajstić information content (AvgIpc) is 4.10. The number of amides is 6. The van der Waals surface area contributed by atoms with Gasteiger partial charge in [-0.1, -0.05) is 37.1 Å². The number of rotatable bonds is 12. The van der Waals surface area contributed by atoms with Gasteiger partial charge in [-0.2, -0.15) is 0 Å². The van der Waals surface area contributed by atoms with Crippen molar-refractivity contribution in [2.75, 3.05) is 33.7 Å². The minimum Gasteiger partial charge on any atom is -0.307 e. The number of hydrogen-bond donors (Lipinski definition) is 6. The van der Waals surface area contributed by atoms with Gasteiger partial charge in [0, 0.05) is 17.1 Å². The van der Waals surface area contributed by atoms with Gasteiger partial charge in [0.05, 0.1) is 17.8 Å². The molecule has 3 aromatic rings. The molecule has 9 rings (SSSR count). The summed E-state index contributed by atoms with van der Waals surface area (Å²) >= 11 is 0. The third kappa shape index (κ3) is 12.8. The van der Waals surface area contributed by atoms with Gasteiger partial charge in [0.2, 0.25) is 30.1 Å². The highest BCUT2D eigenvalue weighted by molar-refractivity contribution is 7.90. The highest BCUT2D eigenvalue weighted by Crippen LogP contribution is 2.41. The Kier molecular flexibility index (Phi) is 15.8. The van der Waals surface area contributed by atoms with Crippen LogP contribution in [0.1, 0.15) is 138 Å². The molecule has 364 valence electrons. The zero-order chi connectivity index (χ0) is 48.1. The number of anilines is 3. The van der Waals surface area contributed by atoms with E-state index in [0.29, 0.717) is 12.8 Å². The molecule has 0 fully saturated rings. The molecule has 0 saturated carbocycles. The number of aryl methyl sites for hydroxylation is 6. The maximum Gasteiger partial charge on any atom is 0.332 e. The maximum absolute atomic E-state index is 12.2. The first-order valence-electron chi connectivity index (χ1n) is 23.8. The van der Waals surface area contributed by atoms with Gasteiger partial charge in [-0.25, -0.2) is 53.8 Å². The summed E-state index contributed by atoms with van der Waals surface area (Å²) in [5, 5.41) is 8.45. The number of nitrogens with one attached hydrogen (secondary N) is 6. The average molecular weight is 979 g/mol. The summed E-state index contributed by atoms with van der Waals surface area (Å²) in [6.07, 6.45) is 21.2. The van der Waals surface area contributed by atoms with Crippen molar-refractivity contribution in [3.05, 3.63) is 97.1 Å². The zero-order valence-electron chi connectivity index (χ0n) is 39.1. The van der Waals surface area contributed by atoms with Crippen LogP contribution in [0.4, 0.5) is 31.4 Å². The van der Waals surface area contributed by atoms with Crippen molar-refractivity contribution in [1.82, 2.24) is 14.2 Å². The van der Waals surface area contributed by atoms with Gasteiger partial charge in [0.15, 0.2) is 0 Å². The highest BCUT2D eigenvalue weighted by atomic mass is 32.2. The molecule has 15 nitrogen and oxygen atoms in total. The smallest absolute Gasteiger partial charge is 0.307 e. The van der Waals surface area contributed by atoms with Crippen LogP contribution in [-0.2, 0) is 107 Å². The van der Waals surface area contributed by atoms with Crippen molar-refractivity contribution in [2.24, 2.45) is 0 Å². The Labute approximate surface area is 396 Å². The summed E-state index contributed by atoms with van der Waals surface area (Å²) in [5.41, 5.74) is 18.4. The molecule has 18 heteroatoms. The second-order valence-electron chi connectivity index (χ2n) is 18.8. The molecule has 6 aliphatic carbocycles.